The largest absolute Gasteiger partial charge is 0.497 e. The van der Waals surface area contributed by atoms with Gasteiger partial charge in [-0.2, -0.15) is 0 Å². The van der Waals surface area contributed by atoms with Gasteiger partial charge in [0.1, 0.15) is 18.0 Å². The number of hydrogen-bond acceptors (Lipinski definition) is 3. The minimum atomic E-state index is -0.770. The summed E-state index contributed by atoms with van der Waals surface area (Å²) in [5, 5.41) is 0. The van der Waals surface area contributed by atoms with Crippen LogP contribution in [0.2, 0.25) is 0 Å². The summed E-state index contributed by atoms with van der Waals surface area (Å²) in [5.41, 5.74) is 1.21. The predicted molar refractivity (Wildman–Crippen MR) is 72.6 cm³/mol. The molecule has 19 heavy (non-hydrogen) atoms. The molecule has 2 rings (SSSR count). The minimum Gasteiger partial charge on any atom is -0.497 e. The molecule has 96 valence electrons. The van der Waals surface area contributed by atoms with Crippen molar-refractivity contribution in [1.29, 1.82) is 0 Å². The Morgan fingerprint density at radius 1 is 1.05 bits per heavy atom. The van der Waals surface area contributed by atoms with Crippen molar-refractivity contribution >= 4 is 12.1 Å². The van der Waals surface area contributed by atoms with Crippen molar-refractivity contribution in [2.75, 3.05) is 7.11 Å². The van der Waals surface area contributed by atoms with Crippen molar-refractivity contribution in [2.24, 2.45) is 0 Å². The maximum Gasteiger partial charge on any atom is 0.177 e. The molecule has 0 saturated heterocycles. The smallest absolute Gasteiger partial charge is 0.177 e. The summed E-state index contributed by atoms with van der Waals surface area (Å²) in [6, 6.07) is 15.8. The number of hydrogen-bond donors (Lipinski definition) is 0. The number of carbonyl (C=O) groups excluding carboxylic acids is 2. The van der Waals surface area contributed by atoms with E-state index in [-0.39, 0.29) is 5.78 Å². The molecule has 0 aromatic heterocycles. The van der Waals surface area contributed by atoms with Gasteiger partial charge in [0, 0.05) is 5.56 Å². The molecule has 0 amide bonds. The Kier molecular flexibility index (Phi) is 4.08. The zero-order valence-corrected chi connectivity index (χ0v) is 10.6. The highest BCUT2D eigenvalue weighted by Gasteiger charge is 2.21. The third-order valence-corrected chi connectivity index (χ3v) is 2.95. The summed E-state index contributed by atoms with van der Waals surface area (Å²) in [6.45, 7) is 0. The van der Waals surface area contributed by atoms with Crippen LogP contribution in [0.25, 0.3) is 0 Å². The zero-order chi connectivity index (χ0) is 13.7. The lowest BCUT2D eigenvalue weighted by atomic mass is 9.92. The van der Waals surface area contributed by atoms with E-state index in [1.807, 2.05) is 6.07 Å². The highest BCUT2D eigenvalue weighted by atomic mass is 16.5. The van der Waals surface area contributed by atoms with Gasteiger partial charge in [-0.1, -0.05) is 42.5 Å². The minimum absolute atomic E-state index is 0.194. The first-order valence-electron chi connectivity index (χ1n) is 5.94. The Balaban J connectivity index is 2.29. The van der Waals surface area contributed by atoms with Crippen LogP contribution in [-0.4, -0.2) is 19.2 Å². The Hall–Kier alpha value is -2.42. The van der Waals surface area contributed by atoms with E-state index in [0.717, 1.165) is 0 Å². The van der Waals surface area contributed by atoms with Gasteiger partial charge in [0.05, 0.1) is 7.11 Å². The molecule has 0 aliphatic rings. The van der Waals surface area contributed by atoms with E-state index in [4.69, 9.17) is 4.74 Å². The summed E-state index contributed by atoms with van der Waals surface area (Å²) >= 11 is 0. The number of carbonyl (C=O) groups is 2. The molecule has 0 N–H and O–H groups in total. The lowest BCUT2D eigenvalue weighted by Crippen LogP contribution is -2.14. The van der Waals surface area contributed by atoms with Gasteiger partial charge >= 0.3 is 0 Å². The second kappa shape index (κ2) is 5.96. The average Bonchev–Trinajstić information content (AvgIpc) is 2.49. The maximum atomic E-state index is 12.3. The Labute approximate surface area is 111 Å². The van der Waals surface area contributed by atoms with Crippen LogP contribution in [0, 0.1) is 0 Å². The van der Waals surface area contributed by atoms with Gasteiger partial charge in [-0.15, -0.1) is 0 Å². The van der Waals surface area contributed by atoms with Crippen LogP contribution in [0.15, 0.2) is 54.6 Å². The van der Waals surface area contributed by atoms with E-state index in [1.165, 1.54) is 0 Å². The summed E-state index contributed by atoms with van der Waals surface area (Å²) < 4.78 is 5.05. The molecular formula is C16H14O3. The second-order valence-electron chi connectivity index (χ2n) is 4.12. The molecule has 0 saturated carbocycles. The molecular weight excluding hydrogens is 240 g/mol. The van der Waals surface area contributed by atoms with Crippen molar-refractivity contribution < 1.29 is 14.3 Å². The van der Waals surface area contributed by atoms with E-state index >= 15 is 0 Å². The quantitative estimate of drug-likeness (QED) is 0.468. The number of benzene rings is 2. The molecule has 0 heterocycles. The van der Waals surface area contributed by atoms with Crippen molar-refractivity contribution in [2.45, 2.75) is 5.92 Å². The fraction of sp³-hybridized carbons (Fsp3) is 0.125. The summed E-state index contributed by atoms with van der Waals surface area (Å²) in [6.07, 6.45) is 0.678. The molecule has 1 atom stereocenters. The first kappa shape index (κ1) is 13.0. The fourth-order valence-corrected chi connectivity index (χ4v) is 1.88. The first-order valence-corrected chi connectivity index (χ1v) is 5.94. The van der Waals surface area contributed by atoms with Crippen LogP contribution < -0.4 is 4.74 Å². The van der Waals surface area contributed by atoms with Crippen LogP contribution >= 0.6 is 0 Å². The molecule has 0 bridgehead atoms. The second-order valence-corrected chi connectivity index (χ2v) is 4.12. The number of aldehydes is 1. The SMILES string of the molecule is COc1ccc(C(C=O)C(=O)c2ccccc2)cc1. The lowest BCUT2D eigenvalue weighted by Gasteiger charge is -2.10. The first-order chi connectivity index (χ1) is 9.26. The van der Waals surface area contributed by atoms with E-state index < -0.39 is 5.92 Å². The molecule has 3 heteroatoms. The summed E-state index contributed by atoms with van der Waals surface area (Å²) in [4.78, 5) is 23.5. The Bertz CT molecular complexity index is 558. The zero-order valence-electron chi connectivity index (χ0n) is 10.6. The summed E-state index contributed by atoms with van der Waals surface area (Å²) in [5.74, 6) is -0.269. The third kappa shape index (κ3) is 2.88. The van der Waals surface area contributed by atoms with E-state index in [2.05, 4.69) is 0 Å². The lowest BCUT2D eigenvalue weighted by molar-refractivity contribution is -0.108. The standard InChI is InChI=1S/C16H14O3/c1-19-14-9-7-12(8-10-14)15(11-17)16(18)13-5-3-2-4-6-13/h2-11,15H,1H3. The molecule has 0 spiro atoms. The molecule has 0 aliphatic heterocycles. The molecule has 1 unspecified atom stereocenters. The molecule has 0 aliphatic carbocycles. The van der Waals surface area contributed by atoms with Gasteiger partial charge < -0.3 is 9.53 Å². The molecule has 0 fully saturated rings. The number of Topliss-reactive ketones (excluding diaryl/α,β-unsaturated/α-hetero) is 1. The molecule has 0 radical (unpaired) electrons. The Morgan fingerprint density at radius 3 is 2.21 bits per heavy atom. The van der Waals surface area contributed by atoms with Crippen molar-refractivity contribution in [1.82, 2.24) is 0 Å². The average molecular weight is 254 g/mol. The molecule has 2 aromatic rings. The number of ether oxygens (including phenoxy) is 1. The van der Waals surface area contributed by atoms with Crippen LogP contribution in [0.4, 0.5) is 0 Å². The Morgan fingerprint density at radius 2 is 1.68 bits per heavy atom. The maximum absolute atomic E-state index is 12.3. The van der Waals surface area contributed by atoms with E-state index in [9.17, 15) is 9.59 Å². The van der Waals surface area contributed by atoms with Crippen LogP contribution in [0.3, 0.4) is 0 Å². The number of rotatable bonds is 5. The highest BCUT2D eigenvalue weighted by Crippen LogP contribution is 2.21. The normalized spacial score (nSPS) is 11.6. The topological polar surface area (TPSA) is 43.4 Å². The summed E-state index contributed by atoms with van der Waals surface area (Å²) in [7, 11) is 1.57. The van der Waals surface area contributed by atoms with Gasteiger partial charge in [0.25, 0.3) is 0 Å². The van der Waals surface area contributed by atoms with Gasteiger partial charge in [-0.3, -0.25) is 4.79 Å². The monoisotopic (exact) mass is 254 g/mol. The highest BCUT2D eigenvalue weighted by molar-refractivity contribution is 6.09. The fourth-order valence-electron chi connectivity index (χ4n) is 1.88. The van der Waals surface area contributed by atoms with Crippen molar-refractivity contribution in [3.63, 3.8) is 0 Å². The van der Waals surface area contributed by atoms with Gasteiger partial charge in [0.15, 0.2) is 5.78 Å². The number of ketones is 1. The van der Waals surface area contributed by atoms with Crippen LogP contribution in [0.5, 0.6) is 5.75 Å². The van der Waals surface area contributed by atoms with Gasteiger partial charge in [0.2, 0.25) is 0 Å². The van der Waals surface area contributed by atoms with Gasteiger partial charge in [-0.25, -0.2) is 0 Å². The predicted octanol–water partition coefficient (Wildman–Crippen LogP) is 2.86. The van der Waals surface area contributed by atoms with E-state index in [0.29, 0.717) is 23.2 Å². The molecule has 3 nitrogen and oxygen atoms in total. The van der Waals surface area contributed by atoms with Crippen LogP contribution in [0.1, 0.15) is 21.8 Å². The molecule has 2 aromatic carbocycles. The van der Waals surface area contributed by atoms with Crippen LogP contribution in [-0.2, 0) is 4.79 Å². The van der Waals surface area contributed by atoms with Crippen molar-refractivity contribution in [3.05, 3.63) is 65.7 Å². The third-order valence-electron chi connectivity index (χ3n) is 2.95. The van der Waals surface area contributed by atoms with E-state index in [1.54, 1.807) is 55.6 Å². The van der Waals surface area contributed by atoms with Crippen molar-refractivity contribution in [3.8, 4) is 5.75 Å². The van der Waals surface area contributed by atoms with Gasteiger partial charge in [-0.05, 0) is 17.7 Å². The number of methoxy groups -OCH3 is 1.